The Balaban J connectivity index is 0.000000289. The van der Waals surface area contributed by atoms with E-state index < -0.39 is 24.1 Å². The monoisotopic (exact) mass is 529 g/mol. The van der Waals surface area contributed by atoms with Crippen LogP contribution in [0, 0.1) is 0 Å². The molecule has 0 aliphatic carbocycles. The molecule has 3 heterocycles. The first-order valence-electron chi connectivity index (χ1n) is 12.1. The molecule has 0 bridgehead atoms. The van der Waals surface area contributed by atoms with Crippen LogP contribution in [0.5, 0.6) is 17.2 Å². The van der Waals surface area contributed by atoms with E-state index in [4.69, 9.17) is 34.6 Å². The van der Waals surface area contributed by atoms with Gasteiger partial charge in [0.15, 0.2) is 23.7 Å². The quantitative estimate of drug-likeness (QED) is 0.284. The molecule has 1 aromatic heterocycles. The molecule has 2 aliphatic rings. The average molecular weight is 530 g/mol. The number of rotatable bonds is 8. The van der Waals surface area contributed by atoms with Gasteiger partial charge in [-0.05, 0) is 30.2 Å². The Hall–Kier alpha value is -4.00. The van der Waals surface area contributed by atoms with Crippen molar-refractivity contribution >= 4 is 28.5 Å². The number of methoxy groups -OCH3 is 1. The van der Waals surface area contributed by atoms with Gasteiger partial charge in [0.25, 0.3) is 0 Å². The minimum absolute atomic E-state index is 0.313. The molecule has 38 heavy (non-hydrogen) atoms. The number of piperazine rings is 1. The predicted molar refractivity (Wildman–Crippen MR) is 137 cm³/mol. The fourth-order valence-corrected chi connectivity index (χ4v) is 4.43. The van der Waals surface area contributed by atoms with Crippen molar-refractivity contribution in [1.82, 2.24) is 9.88 Å². The van der Waals surface area contributed by atoms with E-state index in [2.05, 4.69) is 39.2 Å². The molecule has 0 radical (unpaired) electrons. The van der Waals surface area contributed by atoms with Crippen LogP contribution in [0.15, 0.2) is 42.6 Å². The first kappa shape index (κ1) is 27.0. The summed E-state index contributed by atoms with van der Waals surface area (Å²) in [5.74, 6) is -0.912. The van der Waals surface area contributed by atoms with Crippen LogP contribution in [0.1, 0.15) is 5.56 Å². The number of H-pyrrole nitrogens is 1. The largest absolute Gasteiger partial charge is 0.495 e. The van der Waals surface area contributed by atoms with E-state index in [9.17, 15) is 9.59 Å². The molecule has 3 aromatic rings. The lowest BCUT2D eigenvalue weighted by Crippen LogP contribution is -2.47. The molecule has 1 saturated heterocycles. The van der Waals surface area contributed by atoms with Gasteiger partial charge in [-0.3, -0.25) is 4.90 Å². The molecule has 2 aliphatic heterocycles. The van der Waals surface area contributed by atoms with Gasteiger partial charge in [-0.1, -0.05) is 12.1 Å². The highest BCUT2D eigenvalue weighted by Gasteiger charge is 2.29. The van der Waals surface area contributed by atoms with E-state index in [0.29, 0.717) is 6.79 Å². The molecule has 204 valence electrons. The number of aliphatic hydroxyl groups is 2. The summed E-state index contributed by atoms with van der Waals surface area (Å²) >= 11 is 0. The molecule has 0 amide bonds. The summed E-state index contributed by atoms with van der Waals surface area (Å²) in [7, 11) is 1.74. The van der Waals surface area contributed by atoms with Gasteiger partial charge in [-0.25, -0.2) is 9.59 Å². The number of para-hydroxylation sites is 2. The lowest BCUT2D eigenvalue weighted by atomic mass is 10.1. The highest BCUT2D eigenvalue weighted by molar-refractivity contribution is 5.87. The summed E-state index contributed by atoms with van der Waals surface area (Å²) in [4.78, 5) is 27.9. The van der Waals surface area contributed by atoms with Crippen molar-refractivity contribution in [2.45, 2.75) is 18.6 Å². The zero-order valence-corrected chi connectivity index (χ0v) is 20.9. The first-order chi connectivity index (χ1) is 18.3. The van der Waals surface area contributed by atoms with Crippen molar-refractivity contribution in [2.24, 2.45) is 0 Å². The van der Waals surface area contributed by atoms with Gasteiger partial charge in [0.2, 0.25) is 6.79 Å². The highest BCUT2D eigenvalue weighted by Crippen LogP contribution is 2.37. The van der Waals surface area contributed by atoms with Crippen LogP contribution in [0.4, 0.5) is 5.69 Å². The number of hydrogen-bond donors (Lipinski definition) is 5. The maximum Gasteiger partial charge on any atom is 0.335 e. The van der Waals surface area contributed by atoms with Crippen LogP contribution in [0.25, 0.3) is 10.9 Å². The minimum Gasteiger partial charge on any atom is -0.495 e. The average Bonchev–Trinajstić information content (AvgIpc) is 3.56. The standard InChI is InChI=1S/C22H25N3O3.C4H6O6/c1-26-20-5-3-2-4-19(20)25-10-8-24(9-11-25)7-6-16-14-23-18-13-22-21(12-17(16)18)27-15-28-22;5-1(3(7)8)2(6)4(9)10/h2-5,12-14,23H,6-11,15H2,1H3;1-2,5-6H,(H,7,8)(H,9,10). The van der Waals surface area contributed by atoms with Gasteiger partial charge in [0.1, 0.15) is 5.75 Å². The van der Waals surface area contributed by atoms with E-state index in [1.54, 1.807) is 7.11 Å². The Morgan fingerprint density at radius 3 is 2.26 bits per heavy atom. The van der Waals surface area contributed by atoms with Crippen LogP contribution in [-0.4, -0.2) is 101 Å². The zero-order valence-electron chi connectivity index (χ0n) is 20.9. The second-order valence-corrected chi connectivity index (χ2v) is 8.88. The summed E-state index contributed by atoms with van der Waals surface area (Å²) in [6, 6.07) is 12.4. The van der Waals surface area contributed by atoms with Gasteiger partial charge in [0.05, 0.1) is 12.8 Å². The Bertz CT molecular complexity index is 1250. The maximum absolute atomic E-state index is 9.77. The van der Waals surface area contributed by atoms with Crippen molar-refractivity contribution in [3.8, 4) is 17.2 Å². The summed E-state index contributed by atoms with van der Waals surface area (Å²) in [6.07, 6.45) is -1.39. The number of ether oxygens (including phenoxy) is 3. The SMILES string of the molecule is COc1ccccc1N1CCN(CCc2c[nH]c3cc4c(cc23)OCO4)CC1.O=C(O)C(O)C(O)C(=O)O. The summed E-state index contributed by atoms with van der Waals surface area (Å²) < 4.78 is 16.5. The molecule has 2 atom stereocenters. The first-order valence-corrected chi connectivity index (χ1v) is 12.1. The number of aliphatic hydroxyl groups excluding tert-OH is 2. The Morgan fingerprint density at radius 2 is 1.63 bits per heavy atom. The minimum atomic E-state index is -2.27. The molecule has 12 heteroatoms. The van der Waals surface area contributed by atoms with Crippen molar-refractivity contribution < 1.29 is 44.2 Å². The number of aromatic nitrogens is 1. The van der Waals surface area contributed by atoms with E-state index in [-0.39, 0.29) is 0 Å². The van der Waals surface area contributed by atoms with Gasteiger partial charge in [-0.15, -0.1) is 0 Å². The van der Waals surface area contributed by atoms with Crippen LogP contribution >= 0.6 is 0 Å². The number of anilines is 1. The van der Waals surface area contributed by atoms with Crippen molar-refractivity contribution in [3.63, 3.8) is 0 Å². The van der Waals surface area contributed by atoms with Crippen LogP contribution in [-0.2, 0) is 16.0 Å². The normalized spacial score (nSPS) is 16.4. The number of hydrogen-bond acceptors (Lipinski definition) is 9. The molecule has 5 N–H and O–H groups in total. The molecular weight excluding hydrogens is 498 g/mol. The van der Waals surface area contributed by atoms with Crippen molar-refractivity contribution in [3.05, 3.63) is 48.2 Å². The van der Waals surface area contributed by atoms with Crippen molar-refractivity contribution in [1.29, 1.82) is 0 Å². The van der Waals surface area contributed by atoms with Gasteiger partial charge < -0.3 is 44.5 Å². The van der Waals surface area contributed by atoms with Gasteiger partial charge >= 0.3 is 11.9 Å². The summed E-state index contributed by atoms with van der Waals surface area (Å²) in [5.41, 5.74) is 3.64. The second kappa shape index (κ2) is 12.0. The number of nitrogens with zero attached hydrogens (tertiary/aromatic N) is 2. The third kappa shape index (κ3) is 6.10. The van der Waals surface area contributed by atoms with E-state index in [1.807, 2.05) is 18.2 Å². The van der Waals surface area contributed by atoms with E-state index >= 15 is 0 Å². The molecule has 0 spiro atoms. The van der Waals surface area contributed by atoms with Crippen LogP contribution in [0.3, 0.4) is 0 Å². The molecule has 2 unspecified atom stereocenters. The number of carbonyl (C=O) groups is 2. The smallest absolute Gasteiger partial charge is 0.335 e. The zero-order chi connectivity index (χ0) is 27.2. The molecular formula is C26H31N3O9. The number of aromatic amines is 1. The van der Waals surface area contributed by atoms with Crippen molar-refractivity contribution in [2.75, 3.05) is 51.5 Å². The van der Waals surface area contributed by atoms with Gasteiger partial charge in [-0.2, -0.15) is 0 Å². The number of benzene rings is 2. The van der Waals surface area contributed by atoms with E-state index in [0.717, 1.165) is 61.9 Å². The molecule has 1 fully saturated rings. The topological polar surface area (TPSA) is 165 Å². The maximum atomic E-state index is 9.77. The fourth-order valence-electron chi connectivity index (χ4n) is 4.43. The van der Waals surface area contributed by atoms with Crippen LogP contribution < -0.4 is 19.1 Å². The highest BCUT2D eigenvalue weighted by atomic mass is 16.7. The Labute approximate surface area is 218 Å². The third-order valence-corrected chi connectivity index (χ3v) is 6.56. The number of carboxylic acids is 2. The summed E-state index contributed by atoms with van der Waals surface area (Å²) in [5, 5.41) is 33.8. The number of aliphatic carboxylic acids is 2. The lowest BCUT2D eigenvalue weighted by molar-refractivity contribution is -0.165. The molecule has 0 saturated carbocycles. The van der Waals surface area contributed by atoms with Crippen LogP contribution in [0.2, 0.25) is 0 Å². The second-order valence-electron chi connectivity index (χ2n) is 8.88. The molecule has 2 aromatic carbocycles. The predicted octanol–water partition coefficient (Wildman–Crippen LogP) is 1.15. The Morgan fingerprint density at radius 1 is 1.00 bits per heavy atom. The number of carboxylic acid groups (broad SMARTS) is 2. The number of nitrogens with one attached hydrogen (secondary N) is 1. The Kier molecular flexibility index (Phi) is 8.56. The number of fused-ring (bicyclic) bond motifs is 2. The molecule has 12 nitrogen and oxygen atoms in total. The fraction of sp³-hybridized carbons (Fsp3) is 0.385. The van der Waals surface area contributed by atoms with E-state index in [1.165, 1.54) is 16.6 Å². The molecule has 5 rings (SSSR count). The third-order valence-electron chi connectivity index (χ3n) is 6.56. The summed E-state index contributed by atoms with van der Waals surface area (Å²) in [6.45, 7) is 5.54. The lowest BCUT2D eigenvalue weighted by Gasteiger charge is -2.36. The van der Waals surface area contributed by atoms with Gasteiger partial charge in [0, 0.05) is 55.9 Å².